The van der Waals surface area contributed by atoms with Gasteiger partial charge in [0, 0.05) is 7.11 Å². The summed E-state index contributed by atoms with van der Waals surface area (Å²) in [4.78, 5) is 15.8. The lowest BCUT2D eigenvalue weighted by molar-refractivity contribution is -0.115. The van der Waals surface area contributed by atoms with Gasteiger partial charge in [-0.1, -0.05) is 12.2 Å². The molecule has 0 aromatic rings. The topological polar surface area (TPSA) is 47.9 Å². The number of Topliss-reactive ketones (excluding diaryl/α,β-unsaturated/α-hetero) is 1. The number of hydrogen-bond donors (Lipinski definition) is 0. The number of carbonyl (C=O) groups excluding carboxylic acids is 1. The smallest absolute Gasteiger partial charge is 0.210 e. The van der Waals surface area contributed by atoms with Gasteiger partial charge in [-0.05, 0) is 13.0 Å². The Hall–Kier alpha value is -1.42. The van der Waals surface area contributed by atoms with Crippen LogP contribution >= 0.6 is 0 Å². The predicted molar refractivity (Wildman–Crippen MR) is 55.6 cm³/mol. The summed E-state index contributed by atoms with van der Waals surface area (Å²) in [6, 6.07) is 0. The summed E-state index contributed by atoms with van der Waals surface area (Å²) in [6.45, 7) is 1.52. The van der Waals surface area contributed by atoms with Gasteiger partial charge in [0.05, 0.1) is 18.6 Å². The molecule has 15 heavy (non-hydrogen) atoms. The standard InChI is InChI=1S/C11H13NO3/c1-7(13)9-6-8-4-5-11(9,15-3)12-10(8)14-2/h4-6,8H,1-3H3/t8-,11-/m0/s1. The van der Waals surface area contributed by atoms with Crippen LogP contribution in [0.15, 0.2) is 28.8 Å². The van der Waals surface area contributed by atoms with E-state index in [1.807, 2.05) is 12.2 Å². The Morgan fingerprint density at radius 3 is 2.80 bits per heavy atom. The molecule has 0 saturated carbocycles. The number of carbonyl (C=O) groups is 1. The van der Waals surface area contributed by atoms with Crippen LogP contribution in [0.1, 0.15) is 6.92 Å². The fourth-order valence-corrected chi connectivity index (χ4v) is 1.94. The highest BCUT2D eigenvalue weighted by Gasteiger charge is 2.43. The second-order valence-electron chi connectivity index (χ2n) is 3.58. The lowest BCUT2D eigenvalue weighted by Crippen LogP contribution is -2.42. The first-order valence-electron chi connectivity index (χ1n) is 4.74. The minimum atomic E-state index is -0.966. The zero-order valence-electron chi connectivity index (χ0n) is 8.98. The van der Waals surface area contributed by atoms with Crippen molar-refractivity contribution in [2.24, 2.45) is 10.9 Å². The van der Waals surface area contributed by atoms with E-state index >= 15 is 0 Å². The van der Waals surface area contributed by atoms with Gasteiger partial charge in [0.15, 0.2) is 11.7 Å². The largest absolute Gasteiger partial charge is 0.484 e. The van der Waals surface area contributed by atoms with E-state index in [-0.39, 0.29) is 11.7 Å². The molecule has 3 aliphatic rings. The zero-order valence-corrected chi connectivity index (χ0v) is 8.98. The van der Waals surface area contributed by atoms with Gasteiger partial charge >= 0.3 is 0 Å². The molecule has 0 unspecified atom stereocenters. The number of dihydropyridines is 1. The summed E-state index contributed by atoms with van der Waals surface area (Å²) in [7, 11) is 3.10. The van der Waals surface area contributed by atoms with E-state index in [2.05, 4.69) is 4.99 Å². The van der Waals surface area contributed by atoms with E-state index in [0.717, 1.165) is 0 Å². The lowest BCUT2D eigenvalue weighted by atomic mass is 9.85. The second-order valence-corrected chi connectivity index (χ2v) is 3.58. The molecular weight excluding hydrogens is 194 g/mol. The highest BCUT2D eigenvalue weighted by atomic mass is 16.5. The summed E-state index contributed by atoms with van der Waals surface area (Å²) in [5, 5.41) is 0. The van der Waals surface area contributed by atoms with E-state index in [1.165, 1.54) is 14.0 Å². The average molecular weight is 207 g/mol. The van der Waals surface area contributed by atoms with Crippen LogP contribution < -0.4 is 0 Å². The molecule has 3 rings (SSSR count). The first kappa shape index (κ1) is 10.1. The second kappa shape index (κ2) is 3.31. The Kier molecular flexibility index (Phi) is 2.23. The number of rotatable bonds is 2. The predicted octanol–water partition coefficient (Wildman–Crippen LogP) is 1.09. The molecule has 2 atom stereocenters. The fraction of sp³-hybridized carbons (Fsp3) is 0.455. The number of nitrogens with zero attached hydrogens (tertiary/aromatic N) is 1. The van der Waals surface area contributed by atoms with Crippen molar-refractivity contribution in [2.45, 2.75) is 12.6 Å². The van der Waals surface area contributed by atoms with E-state index < -0.39 is 5.72 Å². The van der Waals surface area contributed by atoms with E-state index in [4.69, 9.17) is 9.47 Å². The minimum Gasteiger partial charge on any atom is -0.484 e. The van der Waals surface area contributed by atoms with Gasteiger partial charge in [-0.2, -0.15) is 0 Å². The Balaban J connectivity index is 2.47. The molecule has 0 aromatic heterocycles. The fourth-order valence-electron chi connectivity index (χ4n) is 1.94. The summed E-state index contributed by atoms with van der Waals surface area (Å²) in [5.74, 6) is 0.528. The highest BCUT2D eigenvalue weighted by molar-refractivity contribution is 6.00. The molecule has 4 nitrogen and oxygen atoms in total. The van der Waals surface area contributed by atoms with E-state index in [0.29, 0.717) is 11.5 Å². The van der Waals surface area contributed by atoms with Crippen molar-refractivity contribution in [1.82, 2.24) is 0 Å². The van der Waals surface area contributed by atoms with Gasteiger partial charge in [0.1, 0.15) is 0 Å². The minimum absolute atomic E-state index is 0.0231. The van der Waals surface area contributed by atoms with Crippen molar-refractivity contribution in [3.05, 3.63) is 23.8 Å². The van der Waals surface area contributed by atoms with Crippen molar-refractivity contribution in [2.75, 3.05) is 14.2 Å². The zero-order chi connectivity index (χ0) is 11.1. The number of methoxy groups -OCH3 is 2. The van der Waals surface area contributed by atoms with E-state index in [9.17, 15) is 4.79 Å². The molecule has 4 heteroatoms. The highest BCUT2D eigenvalue weighted by Crippen LogP contribution is 2.37. The first-order valence-corrected chi connectivity index (χ1v) is 4.74. The normalized spacial score (nSPS) is 32.3. The van der Waals surface area contributed by atoms with Crippen LogP contribution in [-0.2, 0) is 14.3 Å². The Labute approximate surface area is 88.3 Å². The third-order valence-electron chi connectivity index (χ3n) is 2.72. The van der Waals surface area contributed by atoms with Crippen LogP contribution in [0, 0.1) is 5.92 Å². The molecule has 0 amide bonds. The average Bonchev–Trinajstić information content (AvgIpc) is 2.29. The van der Waals surface area contributed by atoms with Crippen molar-refractivity contribution in [3.63, 3.8) is 0 Å². The number of aliphatic imine (C=N–C) groups is 1. The molecule has 0 aromatic carbocycles. The van der Waals surface area contributed by atoms with Gasteiger partial charge in [0.2, 0.25) is 5.72 Å². The molecule has 0 fully saturated rings. The molecule has 2 aliphatic heterocycles. The van der Waals surface area contributed by atoms with Crippen molar-refractivity contribution < 1.29 is 14.3 Å². The van der Waals surface area contributed by atoms with Crippen molar-refractivity contribution in [3.8, 4) is 0 Å². The molecule has 0 radical (unpaired) electrons. The van der Waals surface area contributed by atoms with Crippen LogP contribution in [0.25, 0.3) is 0 Å². The number of ketones is 1. The van der Waals surface area contributed by atoms with Gasteiger partial charge in [-0.25, -0.2) is 4.99 Å². The van der Waals surface area contributed by atoms with Crippen LogP contribution in [0.4, 0.5) is 0 Å². The number of ether oxygens (including phenoxy) is 2. The number of hydrogen-bond acceptors (Lipinski definition) is 4. The molecular formula is C11H13NO3. The molecule has 80 valence electrons. The molecule has 2 bridgehead atoms. The van der Waals surface area contributed by atoms with Crippen LogP contribution in [0.5, 0.6) is 0 Å². The molecule has 0 saturated heterocycles. The third-order valence-corrected chi connectivity index (χ3v) is 2.72. The van der Waals surface area contributed by atoms with E-state index in [1.54, 1.807) is 13.2 Å². The third kappa shape index (κ3) is 1.33. The SMILES string of the molecule is COC1=N[C@]2(OC)C=C[C@H]1C=C2C(C)=O. The molecule has 2 heterocycles. The summed E-state index contributed by atoms with van der Waals surface area (Å²) >= 11 is 0. The van der Waals surface area contributed by atoms with Gasteiger partial charge < -0.3 is 9.47 Å². The van der Waals surface area contributed by atoms with Crippen molar-refractivity contribution >= 4 is 11.7 Å². The van der Waals surface area contributed by atoms with Gasteiger partial charge in [-0.15, -0.1) is 0 Å². The quantitative estimate of drug-likeness (QED) is 0.637. The van der Waals surface area contributed by atoms with Crippen LogP contribution in [0.3, 0.4) is 0 Å². The van der Waals surface area contributed by atoms with Crippen LogP contribution in [0.2, 0.25) is 0 Å². The Bertz CT molecular complexity index is 395. The monoisotopic (exact) mass is 207 g/mol. The Morgan fingerprint density at radius 1 is 1.53 bits per heavy atom. The maximum atomic E-state index is 11.5. The maximum absolute atomic E-state index is 11.5. The maximum Gasteiger partial charge on any atom is 0.210 e. The lowest BCUT2D eigenvalue weighted by Gasteiger charge is -2.36. The van der Waals surface area contributed by atoms with Crippen LogP contribution in [-0.4, -0.2) is 31.6 Å². The van der Waals surface area contributed by atoms with Crippen molar-refractivity contribution in [1.29, 1.82) is 0 Å². The molecule has 0 spiro atoms. The first-order chi connectivity index (χ1) is 7.13. The summed E-state index contributed by atoms with van der Waals surface area (Å²) in [5.41, 5.74) is -0.385. The summed E-state index contributed by atoms with van der Waals surface area (Å²) < 4.78 is 10.5. The summed E-state index contributed by atoms with van der Waals surface area (Å²) in [6.07, 6.45) is 5.58. The molecule has 1 aliphatic carbocycles. The Morgan fingerprint density at radius 2 is 2.27 bits per heavy atom. The van der Waals surface area contributed by atoms with Gasteiger partial charge in [-0.3, -0.25) is 4.79 Å². The van der Waals surface area contributed by atoms with Gasteiger partial charge in [0.25, 0.3) is 0 Å². The molecule has 0 N–H and O–H groups in total.